The van der Waals surface area contributed by atoms with E-state index in [0.717, 1.165) is 36.0 Å². The summed E-state index contributed by atoms with van der Waals surface area (Å²) >= 11 is 0. The van der Waals surface area contributed by atoms with Gasteiger partial charge >= 0.3 is 5.69 Å². The largest absolute Gasteiger partial charge is 0.349 e. The first kappa shape index (κ1) is 21.2. The fraction of sp³-hybridized carbons (Fsp3) is 0.565. The zero-order chi connectivity index (χ0) is 20.6. The van der Waals surface area contributed by atoms with Crippen LogP contribution in [0.2, 0.25) is 0 Å². The van der Waals surface area contributed by atoms with Gasteiger partial charge in [-0.1, -0.05) is 70.8 Å². The van der Waals surface area contributed by atoms with Crippen molar-refractivity contribution in [2.24, 2.45) is 0 Å². The molecule has 0 radical (unpaired) electrons. The van der Waals surface area contributed by atoms with E-state index < -0.39 is 11.2 Å². The Morgan fingerprint density at radius 2 is 1.55 bits per heavy atom. The molecular formula is C23H32N4O2. The summed E-state index contributed by atoms with van der Waals surface area (Å²) in [4.78, 5) is 34.8. The van der Waals surface area contributed by atoms with Gasteiger partial charge in [0, 0.05) is 6.54 Å². The summed E-state index contributed by atoms with van der Waals surface area (Å²) in [5, 5.41) is 0. The highest BCUT2D eigenvalue weighted by atomic mass is 16.2. The van der Waals surface area contributed by atoms with Gasteiger partial charge < -0.3 is 4.57 Å². The van der Waals surface area contributed by atoms with Crippen LogP contribution < -0.4 is 11.2 Å². The summed E-state index contributed by atoms with van der Waals surface area (Å²) in [7, 11) is 0. The quantitative estimate of drug-likeness (QED) is 0.372. The van der Waals surface area contributed by atoms with Crippen molar-refractivity contribution in [3.8, 4) is 11.5 Å². The molecule has 0 unspecified atom stereocenters. The molecule has 1 aromatic carbocycles. The lowest BCUT2D eigenvalue weighted by atomic mass is 10.1. The highest BCUT2D eigenvalue weighted by molar-refractivity contribution is 5.79. The Balaban J connectivity index is 1.67. The molecule has 1 N–H and O–H groups in total. The maximum absolute atomic E-state index is 12.2. The average molecular weight is 397 g/mol. The summed E-state index contributed by atoms with van der Waals surface area (Å²) in [5.41, 5.74) is 1.93. The van der Waals surface area contributed by atoms with Crippen molar-refractivity contribution in [2.75, 3.05) is 0 Å². The van der Waals surface area contributed by atoms with Gasteiger partial charge in [-0.15, -0.1) is 0 Å². The van der Waals surface area contributed by atoms with Crippen LogP contribution in [0.4, 0.5) is 0 Å². The van der Waals surface area contributed by atoms with Crippen LogP contribution in [0, 0.1) is 6.92 Å². The molecule has 0 saturated carbocycles. The minimum Gasteiger partial charge on any atom is -0.322 e. The van der Waals surface area contributed by atoms with E-state index >= 15 is 0 Å². The standard InChI is InChI=1S/C23H32N4O2/c1-3-4-5-6-7-8-9-10-11-12-15-27-19-16-17(2)13-14-18(19)24-20-21(27)25-23(29)26-22(20)28/h13-14,16H,3-12,15H2,1-2H3,(H,26,28,29). The van der Waals surface area contributed by atoms with Crippen molar-refractivity contribution in [2.45, 2.75) is 84.6 Å². The van der Waals surface area contributed by atoms with Gasteiger partial charge in [0.1, 0.15) is 0 Å². The number of nitrogens with zero attached hydrogens (tertiary/aromatic N) is 3. The molecule has 0 aromatic heterocycles. The lowest BCUT2D eigenvalue weighted by Crippen LogP contribution is -2.29. The van der Waals surface area contributed by atoms with Gasteiger partial charge in [0.25, 0.3) is 5.56 Å². The first-order valence-electron chi connectivity index (χ1n) is 11.0. The Hall–Kier alpha value is -2.50. The number of fused-ring (bicyclic) bond motifs is 2. The first-order valence-corrected chi connectivity index (χ1v) is 11.0. The van der Waals surface area contributed by atoms with Gasteiger partial charge in [0.2, 0.25) is 0 Å². The summed E-state index contributed by atoms with van der Waals surface area (Å²) in [6.07, 6.45) is 12.6. The van der Waals surface area contributed by atoms with Crippen LogP contribution in [0.1, 0.15) is 76.7 Å². The number of hydrogen-bond acceptors (Lipinski definition) is 4. The Bertz CT molecular complexity index is 1020. The first-order chi connectivity index (χ1) is 14.1. The number of unbranched alkanes of at least 4 members (excludes halogenated alkanes) is 9. The van der Waals surface area contributed by atoms with Crippen LogP contribution >= 0.6 is 0 Å². The molecule has 6 heteroatoms. The maximum Gasteiger partial charge on any atom is 0.349 e. The number of benzene rings is 1. The van der Waals surface area contributed by atoms with Crippen LogP contribution in [-0.2, 0) is 6.54 Å². The minimum absolute atomic E-state index is 0.230. The van der Waals surface area contributed by atoms with E-state index in [9.17, 15) is 9.59 Å². The van der Waals surface area contributed by atoms with Gasteiger partial charge in [-0.05, 0) is 31.0 Å². The predicted molar refractivity (Wildman–Crippen MR) is 118 cm³/mol. The molecule has 29 heavy (non-hydrogen) atoms. The zero-order valence-corrected chi connectivity index (χ0v) is 17.7. The van der Waals surface area contributed by atoms with E-state index in [2.05, 4.69) is 21.9 Å². The van der Waals surface area contributed by atoms with E-state index in [1.54, 1.807) is 0 Å². The number of aryl methyl sites for hydroxylation is 2. The van der Waals surface area contributed by atoms with Gasteiger partial charge in [0.05, 0.1) is 11.0 Å². The maximum atomic E-state index is 12.2. The number of nitrogens with one attached hydrogen (secondary N) is 1. The van der Waals surface area contributed by atoms with Crippen molar-refractivity contribution in [1.82, 2.24) is 19.5 Å². The molecule has 2 aliphatic rings. The van der Waals surface area contributed by atoms with Crippen LogP contribution in [-0.4, -0.2) is 19.5 Å². The lowest BCUT2D eigenvalue weighted by Gasteiger charge is -2.17. The molecule has 6 nitrogen and oxygen atoms in total. The lowest BCUT2D eigenvalue weighted by molar-refractivity contribution is 0.537. The second kappa shape index (κ2) is 10.3. The van der Waals surface area contributed by atoms with Gasteiger partial charge in [-0.3, -0.25) is 9.78 Å². The van der Waals surface area contributed by atoms with E-state index in [-0.39, 0.29) is 5.69 Å². The predicted octanol–water partition coefficient (Wildman–Crippen LogP) is 4.81. The minimum atomic E-state index is -0.617. The Kier molecular flexibility index (Phi) is 7.55. The summed E-state index contributed by atoms with van der Waals surface area (Å²) < 4.78 is 1.99. The van der Waals surface area contributed by atoms with Crippen molar-refractivity contribution in [1.29, 1.82) is 0 Å². The summed E-state index contributed by atoms with van der Waals surface area (Å²) in [5.74, 6) is 0.382. The van der Waals surface area contributed by atoms with E-state index in [4.69, 9.17) is 0 Å². The molecular weight excluding hydrogens is 364 g/mol. The molecule has 0 spiro atoms. The molecule has 3 rings (SSSR count). The van der Waals surface area contributed by atoms with Crippen LogP contribution in [0.25, 0.3) is 22.6 Å². The number of hydrogen-bond donors (Lipinski definition) is 1. The topological polar surface area (TPSA) is 80.6 Å². The molecule has 2 aliphatic heterocycles. The average Bonchev–Trinajstić information content (AvgIpc) is 2.69. The fourth-order valence-corrected chi connectivity index (χ4v) is 3.89. The summed E-state index contributed by atoms with van der Waals surface area (Å²) in [6.45, 7) is 5.00. The molecule has 0 bridgehead atoms. The van der Waals surface area contributed by atoms with Gasteiger partial charge in [0.15, 0.2) is 11.5 Å². The second-order valence-electron chi connectivity index (χ2n) is 7.98. The molecule has 0 amide bonds. The molecule has 2 heterocycles. The van der Waals surface area contributed by atoms with Gasteiger partial charge in [-0.2, -0.15) is 4.98 Å². The van der Waals surface area contributed by atoms with Crippen LogP contribution in [0.3, 0.4) is 0 Å². The Labute approximate surface area is 171 Å². The third-order valence-corrected chi connectivity index (χ3v) is 5.50. The van der Waals surface area contributed by atoms with E-state index in [1.165, 1.54) is 51.4 Å². The molecule has 0 saturated heterocycles. The third-order valence-electron chi connectivity index (χ3n) is 5.50. The van der Waals surface area contributed by atoms with Crippen molar-refractivity contribution >= 4 is 11.0 Å². The fourth-order valence-electron chi connectivity index (χ4n) is 3.89. The normalized spacial score (nSPS) is 11.5. The monoisotopic (exact) mass is 396 g/mol. The Morgan fingerprint density at radius 1 is 0.897 bits per heavy atom. The van der Waals surface area contributed by atoms with Crippen molar-refractivity contribution in [3.05, 3.63) is 44.6 Å². The van der Waals surface area contributed by atoms with Crippen molar-refractivity contribution in [3.63, 3.8) is 0 Å². The molecule has 0 atom stereocenters. The number of aromatic nitrogens is 4. The van der Waals surface area contributed by atoms with Crippen molar-refractivity contribution < 1.29 is 0 Å². The number of rotatable bonds is 11. The van der Waals surface area contributed by atoms with Crippen LogP contribution in [0.15, 0.2) is 27.8 Å². The third kappa shape index (κ3) is 5.52. The second-order valence-corrected chi connectivity index (χ2v) is 7.98. The smallest absolute Gasteiger partial charge is 0.322 e. The summed E-state index contributed by atoms with van der Waals surface area (Å²) in [6, 6.07) is 5.95. The van der Waals surface area contributed by atoms with E-state index in [1.807, 2.05) is 29.7 Å². The molecule has 156 valence electrons. The molecule has 0 fully saturated rings. The molecule has 0 aliphatic carbocycles. The highest BCUT2D eigenvalue weighted by Crippen LogP contribution is 2.22. The highest BCUT2D eigenvalue weighted by Gasteiger charge is 2.18. The Morgan fingerprint density at radius 3 is 2.24 bits per heavy atom. The SMILES string of the molecule is CCCCCCCCCCCCn1c2nc(=O)[nH]c(=O)c-2nc2ccc(C)cc21. The van der Waals surface area contributed by atoms with Gasteiger partial charge in [-0.25, -0.2) is 9.78 Å². The number of H-pyrrole nitrogens is 1. The molecule has 1 aromatic rings. The van der Waals surface area contributed by atoms with E-state index in [0.29, 0.717) is 5.82 Å². The number of aromatic amines is 1. The van der Waals surface area contributed by atoms with Crippen LogP contribution in [0.5, 0.6) is 0 Å². The zero-order valence-electron chi connectivity index (χ0n) is 17.7.